The first-order chi connectivity index (χ1) is 9.27. The molecule has 102 valence electrons. The van der Waals surface area contributed by atoms with E-state index in [1.54, 1.807) is 6.33 Å². The van der Waals surface area contributed by atoms with E-state index in [2.05, 4.69) is 33.5 Å². The van der Waals surface area contributed by atoms with E-state index in [9.17, 15) is 0 Å². The molecular weight excluding hydrogens is 240 g/mol. The van der Waals surface area contributed by atoms with Crippen molar-refractivity contribution in [1.82, 2.24) is 19.4 Å². The normalized spacial score (nSPS) is 15.3. The molecule has 0 bridgehead atoms. The minimum Gasteiger partial charge on any atom is -0.491 e. The van der Waals surface area contributed by atoms with Crippen LogP contribution in [-0.2, 0) is 13.0 Å². The number of rotatable bonds is 3. The first-order valence-electron chi connectivity index (χ1n) is 6.86. The van der Waals surface area contributed by atoms with Crippen molar-refractivity contribution in [3.05, 3.63) is 18.2 Å². The highest BCUT2D eigenvalue weighted by molar-refractivity contribution is 5.85. The van der Waals surface area contributed by atoms with Gasteiger partial charge in [0, 0.05) is 19.3 Å². The van der Waals surface area contributed by atoms with Gasteiger partial charge in [-0.25, -0.2) is 9.97 Å². The molecular formula is C14H20N4O. The summed E-state index contributed by atoms with van der Waals surface area (Å²) >= 11 is 0. The molecule has 0 N–H and O–H groups in total. The van der Waals surface area contributed by atoms with Gasteiger partial charge in [0.15, 0.2) is 5.75 Å². The molecule has 3 heterocycles. The molecule has 0 unspecified atom stereocenters. The van der Waals surface area contributed by atoms with E-state index in [1.165, 1.54) is 12.1 Å². The molecule has 3 rings (SSSR count). The summed E-state index contributed by atoms with van der Waals surface area (Å²) in [6.07, 6.45) is 6.86. The maximum atomic E-state index is 5.93. The van der Waals surface area contributed by atoms with Gasteiger partial charge in [-0.05, 0) is 33.4 Å². The first kappa shape index (κ1) is 12.4. The molecule has 19 heavy (non-hydrogen) atoms. The number of likely N-dealkylation sites (N-methyl/N-ethyl adjacent to an activating group) is 1. The quantitative estimate of drug-likeness (QED) is 0.842. The Kier molecular flexibility index (Phi) is 3.38. The smallest absolute Gasteiger partial charge is 0.151 e. The van der Waals surface area contributed by atoms with Crippen molar-refractivity contribution < 1.29 is 4.74 Å². The standard InChI is InChI=1S/C14H20N4O/c1-17(2)6-7-18-12-5-3-4-8-19-13(12)11-9-15-10-16-14(11)18/h9-10H,3-8H2,1-2H3. The SMILES string of the molecule is CN(C)CCn1c2c(c3cncnc31)OCCCC2. The maximum absolute atomic E-state index is 5.93. The highest BCUT2D eigenvalue weighted by atomic mass is 16.5. The van der Waals surface area contributed by atoms with Crippen LogP contribution in [0.1, 0.15) is 18.5 Å². The molecule has 2 aromatic rings. The summed E-state index contributed by atoms with van der Waals surface area (Å²) in [6.45, 7) is 2.74. The van der Waals surface area contributed by atoms with E-state index in [0.29, 0.717) is 0 Å². The lowest BCUT2D eigenvalue weighted by molar-refractivity contribution is 0.319. The zero-order chi connectivity index (χ0) is 13.2. The molecule has 0 saturated carbocycles. The Bertz CT molecular complexity index is 576. The average molecular weight is 260 g/mol. The van der Waals surface area contributed by atoms with Crippen LogP contribution in [0.4, 0.5) is 0 Å². The summed E-state index contributed by atoms with van der Waals surface area (Å²) in [5.74, 6) is 1.01. The number of hydrogen-bond donors (Lipinski definition) is 0. The Morgan fingerprint density at radius 1 is 1.37 bits per heavy atom. The summed E-state index contributed by atoms with van der Waals surface area (Å²) in [7, 11) is 4.19. The fraction of sp³-hybridized carbons (Fsp3) is 0.571. The van der Waals surface area contributed by atoms with E-state index in [1.807, 2.05) is 6.20 Å². The van der Waals surface area contributed by atoms with Gasteiger partial charge in [-0.15, -0.1) is 0 Å². The van der Waals surface area contributed by atoms with Crippen LogP contribution in [0.15, 0.2) is 12.5 Å². The Morgan fingerprint density at radius 2 is 2.26 bits per heavy atom. The third-order valence-electron chi connectivity index (χ3n) is 3.60. The number of aromatic nitrogens is 3. The van der Waals surface area contributed by atoms with Crippen LogP contribution < -0.4 is 4.74 Å². The van der Waals surface area contributed by atoms with E-state index in [0.717, 1.165) is 49.3 Å². The Labute approximate surface area is 113 Å². The number of hydrogen-bond acceptors (Lipinski definition) is 4. The fourth-order valence-electron chi connectivity index (χ4n) is 2.62. The van der Waals surface area contributed by atoms with Crippen LogP contribution in [0.2, 0.25) is 0 Å². The molecule has 0 atom stereocenters. The van der Waals surface area contributed by atoms with Gasteiger partial charge in [0.2, 0.25) is 0 Å². The van der Waals surface area contributed by atoms with Gasteiger partial charge in [-0.1, -0.05) is 0 Å². The van der Waals surface area contributed by atoms with Crippen LogP contribution in [0, 0.1) is 0 Å². The van der Waals surface area contributed by atoms with Crippen molar-refractivity contribution in [3.63, 3.8) is 0 Å². The Morgan fingerprint density at radius 3 is 3.11 bits per heavy atom. The topological polar surface area (TPSA) is 43.2 Å². The third kappa shape index (κ3) is 2.30. The molecule has 2 aromatic heterocycles. The minimum atomic E-state index is 0.800. The molecule has 0 spiro atoms. The second-order valence-electron chi connectivity index (χ2n) is 5.30. The van der Waals surface area contributed by atoms with Gasteiger partial charge in [-0.3, -0.25) is 0 Å². The zero-order valence-electron chi connectivity index (χ0n) is 11.6. The predicted molar refractivity (Wildman–Crippen MR) is 74.5 cm³/mol. The molecule has 0 amide bonds. The van der Waals surface area contributed by atoms with Crippen molar-refractivity contribution in [1.29, 1.82) is 0 Å². The third-order valence-corrected chi connectivity index (χ3v) is 3.60. The van der Waals surface area contributed by atoms with Crippen molar-refractivity contribution in [2.24, 2.45) is 0 Å². The summed E-state index contributed by atoms with van der Waals surface area (Å²) in [6, 6.07) is 0. The lowest BCUT2D eigenvalue weighted by Gasteiger charge is -2.13. The van der Waals surface area contributed by atoms with Crippen molar-refractivity contribution >= 4 is 11.0 Å². The molecule has 5 heteroatoms. The van der Waals surface area contributed by atoms with Gasteiger partial charge >= 0.3 is 0 Å². The maximum Gasteiger partial charge on any atom is 0.151 e. The second kappa shape index (κ2) is 5.17. The number of fused-ring (bicyclic) bond motifs is 3. The number of nitrogens with zero attached hydrogens (tertiary/aromatic N) is 4. The fourth-order valence-corrected chi connectivity index (χ4v) is 2.62. The lowest BCUT2D eigenvalue weighted by Crippen LogP contribution is -2.19. The van der Waals surface area contributed by atoms with Gasteiger partial charge in [0.1, 0.15) is 12.0 Å². The molecule has 1 aliphatic heterocycles. The summed E-state index contributed by atoms with van der Waals surface area (Å²) in [5.41, 5.74) is 2.29. The van der Waals surface area contributed by atoms with Crippen molar-refractivity contribution in [2.75, 3.05) is 27.2 Å². The van der Waals surface area contributed by atoms with Crippen LogP contribution in [-0.4, -0.2) is 46.7 Å². The van der Waals surface area contributed by atoms with E-state index in [-0.39, 0.29) is 0 Å². The average Bonchev–Trinajstić information content (AvgIpc) is 2.56. The van der Waals surface area contributed by atoms with Crippen LogP contribution in [0.3, 0.4) is 0 Å². The van der Waals surface area contributed by atoms with Crippen LogP contribution in [0.25, 0.3) is 11.0 Å². The van der Waals surface area contributed by atoms with Crippen LogP contribution >= 0.6 is 0 Å². The Hall–Kier alpha value is -1.62. The molecule has 1 aliphatic rings. The molecule has 0 radical (unpaired) electrons. The molecule has 0 aliphatic carbocycles. The lowest BCUT2D eigenvalue weighted by atomic mass is 10.2. The Balaban J connectivity index is 2.09. The summed E-state index contributed by atoms with van der Waals surface area (Å²) < 4.78 is 8.24. The summed E-state index contributed by atoms with van der Waals surface area (Å²) in [4.78, 5) is 10.8. The predicted octanol–water partition coefficient (Wildman–Crippen LogP) is 1.71. The summed E-state index contributed by atoms with van der Waals surface area (Å²) in [5, 5.41) is 1.05. The molecule has 0 fully saturated rings. The first-order valence-corrected chi connectivity index (χ1v) is 6.86. The van der Waals surface area contributed by atoms with Crippen molar-refractivity contribution in [2.45, 2.75) is 25.8 Å². The van der Waals surface area contributed by atoms with Gasteiger partial charge < -0.3 is 14.2 Å². The monoisotopic (exact) mass is 260 g/mol. The van der Waals surface area contributed by atoms with Gasteiger partial charge in [0.05, 0.1) is 17.7 Å². The second-order valence-corrected chi connectivity index (χ2v) is 5.30. The highest BCUT2D eigenvalue weighted by Crippen LogP contribution is 2.34. The van der Waals surface area contributed by atoms with Crippen LogP contribution in [0.5, 0.6) is 5.75 Å². The van der Waals surface area contributed by atoms with E-state index >= 15 is 0 Å². The van der Waals surface area contributed by atoms with E-state index in [4.69, 9.17) is 4.74 Å². The zero-order valence-corrected chi connectivity index (χ0v) is 11.6. The van der Waals surface area contributed by atoms with E-state index < -0.39 is 0 Å². The highest BCUT2D eigenvalue weighted by Gasteiger charge is 2.21. The van der Waals surface area contributed by atoms with Crippen molar-refractivity contribution in [3.8, 4) is 5.75 Å². The number of ether oxygens (including phenoxy) is 1. The molecule has 0 aromatic carbocycles. The van der Waals surface area contributed by atoms with Gasteiger partial charge in [-0.2, -0.15) is 0 Å². The van der Waals surface area contributed by atoms with Gasteiger partial charge in [0.25, 0.3) is 0 Å². The molecule has 5 nitrogen and oxygen atoms in total. The minimum absolute atomic E-state index is 0.800. The molecule has 0 saturated heterocycles. The largest absolute Gasteiger partial charge is 0.491 e.